The summed E-state index contributed by atoms with van der Waals surface area (Å²) in [6, 6.07) is 1.52. The number of methoxy groups -OCH3 is 5. The van der Waals surface area contributed by atoms with E-state index in [0.29, 0.717) is 0 Å². The standard InChI is InChI=1S/C55H80N4O22S4/c1-24(2)56-32-23-73-39(21-35(32)69-8)79-48-46(62)43(59-81-41-20-33(60)49(82-12)27(5)75-41)25(3)76-53(48)78-34-14-16-55(67)30(15-17-84-85-83-13)42(34)44(58-54(66)72-11)47(63)50(55)80-40-22-38(45(61)26(4)74-40)77-52(65)29-18-36(70-9)37(71-10)19-31(29)57-51(64)28(6)68-7/h14-16,18-19,24-27,32-35,38-41,43,45-46,48-50,53,56,59-62,67H,6,17,20-23H2,1-5,7-13H3,(H,57,64)(H,58,66)/b30-15+/t25?,26-,27+,32?,33-,34-,35-,38-,39-,40?,41?,43+,45?,46-,48+,49+,50+,53-,55+/m0/s1. The molecule has 26 nitrogen and oxygen atoms in total. The molecule has 6 aliphatic rings. The lowest BCUT2D eigenvalue weighted by Crippen LogP contribution is -2.65. The first-order valence-corrected chi connectivity index (χ1v) is 32.8. The van der Waals surface area contributed by atoms with Gasteiger partial charge in [0.1, 0.15) is 36.1 Å². The van der Waals surface area contributed by atoms with Gasteiger partial charge in [0.15, 0.2) is 48.5 Å². The highest BCUT2D eigenvalue weighted by Crippen LogP contribution is 2.47. The summed E-state index contributed by atoms with van der Waals surface area (Å²) in [6.07, 6.45) is -10.1. The van der Waals surface area contributed by atoms with E-state index >= 15 is 4.79 Å². The molecule has 2 bridgehead atoms. The summed E-state index contributed by atoms with van der Waals surface area (Å²) in [5.41, 5.74) is -0.0471. The lowest BCUT2D eigenvalue weighted by Gasteiger charge is -2.49. The van der Waals surface area contributed by atoms with Crippen molar-refractivity contribution in [3.05, 3.63) is 65.1 Å². The minimum Gasteiger partial charge on any atom is -0.493 e. The number of thioether (sulfide) groups is 1. The number of rotatable bonds is 25. The maximum atomic E-state index is 15.2. The molecule has 8 N–H and O–H groups in total. The number of ether oxygens (including phenoxy) is 13. The number of carbonyl (C=O) groups is 4. The van der Waals surface area contributed by atoms with Crippen LogP contribution in [0.1, 0.15) is 64.2 Å². The van der Waals surface area contributed by atoms with Crippen LogP contribution in [-0.4, -0.2) is 226 Å². The lowest BCUT2D eigenvalue weighted by atomic mass is 9.69. The van der Waals surface area contributed by atoms with Crippen LogP contribution >= 0.6 is 43.2 Å². The van der Waals surface area contributed by atoms with Gasteiger partial charge in [-0.2, -0.15) is 17.2 Å². The molecular formula is C55H80N4O22S4. The van der Waals surface area contributed by atoms with Crippen LogP contribution < -0.4 is 30.9 Å². The van der Waals surface area contributed by atoms with Crippen molar-refractivity contribution in [1.29, 1.82) is 0 Å². The van der Waals surface area contributed by atoms with Gasteiger partial charge in [-0.15, -0.1) is 0 Å². The van der Waals surface area contributed by atoms with Crippen molar-refractivity contribution in [2.75, 3.05) is 65.7 Å². The third kappa shape index (κ3) is 16.2. The van der Waals surface area contributed by atoms with E-state index < -0.39 is 128 Å². The summed E-state index contributed by atoms with van der Waals surface area (Å²) in [6.45, 7) is 12.7. The van der Waals surface area contributed by atoms with Crippen molar-refractivity contribution in [2.45, 2.75) is 175 Å². The first-order chi connectivity index (χ1) is 40.5. The molecule has 2 aliphatic carbocycles. The molecular weight excluding hydrogens is 1200 g/mol. The number of Topliss-reactive ketones (excluding diaryl/α,β-unsaturated/α-hetero) is 1. The average Bonchev–Trinajstić information content (AvgIpc) is 1.62. The largest absolute Gasteiger partial charge is 0.493 e. The minimum atomic E-state index is -2.32. The van der Waals surface area contributed by atoms with Crippen LogP contribution in [0.4, 0.5) is 10.5 Å². The number of hydrogen-bond donors (Lipinski definition) is 8. The fourth-order valence-corrected chi connectivity index (χ4v) is 14.1. The number of fused-ring (bicyclic) bond motifs is 2. The van der Waals surface area contributed by atoms with Gasteiger partial charge in [0.25, 0.3) is 5.91 Å². The van der Waals surface area contributed by atoms with E-state index in [4.69, 9.17) is 66.4 Å². The Balaban J connectivity index is 1.20. The number of aliphatic hydroxyl groups is 4. The molecule has 4 saturated heterocycles. The van der Waals surface area contributed by atoms with Crippen LogP contribution in [0.25, 0.3) is 0 Å². The monoisotopic (exact) mass is 1280 g/mol. The molecule has 0 aromatic heterocycles. The fourth-order valence-electron chi connectivity index (χ4n) is 10.8. The summed E-state index contributed by atoms with van der Waals surface area (Å²) < 4.78 is 77.5. The first-order valence-electron chi connectivity index (χ1n) is 27.5. The van der Waals surface area contributed by atoms with E-state index in [1.54, 1.807) is 20.1 Å². The van der Waals surface area contributed by atoms with Gasteiger partial charge in [-0.1, -0.05) is 54.2 Å². The van der Waals surface area contributed by atoms with Crippen molar-refractivity contribution in [2.24, 2.45) is 0 Å². The first kappa shape index (κ1) is 68.7. The number of aliphatic hydroxyl groups excluding tert-OH is 3. The van der Waals surface area contributed by atoms with Gasteiger partial charge in [-0.25, -0.2) is 9.59 Å². The zero-order valence-electron chi connectivity index (χ0n) is 49.4. The Morgan fingerprint density at radius 3 is 2.21 bits per heavy atom. The van der Waals surface area contributed by atoms with Crippen molar-refractivity contribution < 1.29 is 106 Å². The second-order valence-electron chi connectivity index (χ2n) is 21.0. The third-order valence-corrected chi connectivity index (χ3v) is 20.1. The van der Waals surface area contributed by atoms with Crippen LogP contribution in [0.15, 0.2) is 59.5 Å². The molecule has 19 atom stereocenters. The number of benzene rings is 1. The van der Waals surface area contributed by atoms with Crippen LogP contribution in [0, 0.1) is 0 Å². The number of amides is 2. The van der Waals surface area contributed by atoms with Crippen molar-refractivity contribution in [3.8, 4) is 11.5 Å². The lowest BCUT2D eigenvalue weighted by molar-refractivity contribution is -0.337. The maximum Gasteiger partial charge on any atom is 0.411 e. The average molecular weight is 1280 g/mol. The van der Waals surface area contributed by atoms with Crippen LogP contribution in [0.5, 0.6) is 11.5 Å². The van der Waals surface area contributed by atoms with Gasteiger partial charge in [-0.3, -0.25) is 19.7 Å². The molecule has 0 saturated carbocycles. The number of ketones is 1. The predicted octanol–water partition coefficient (Wildman–Crippen LogP) is 3.41. The number of hydroxylamine groups is 1. The van der Waals surface area contributed by atoms with Crippen LogP contribution in [0.3, 0.4) is 0 Å². The smallest absolute Gasteiger partial charge is 0.411 e. The maximum absolute atomic E-state index is 15.2. The topological polar surface area (TPSA) is 327 Å². The highest BCUT2D eigenvalue weighted by atomic mass is 33.5. The molecule has 7 rings (SSSR count). The summed E-state index contributed by atoms with van der Waals surface area (Å²) >= 11 is 1.48. The Kier molecular flexibility index (Phi) is 25.2. The molecule has 30 heteroatoms. The number of carbonyl (C=O) groups excluding carboxylic acids is 4. The molecule has 4 heterocycles. The Morgan fingerprint density at radius 1 is 0.859 bits per heavy atom. The van der Waals surface area contributed by atoms with E-state index in [0.717, 1.165) is 7.11 Å². The summed E-state index contributed by atoms with van der Waals surface area (Å²) in [7, 11) is 10.9. The highest BCUT2D eigenvalue weighted by Gasteiger charge is 2.57. The number of alkyl carbamates (subject to hydrolysis) is 1. The molecule has 0 spiro atoms. The van der Waals surface area contributed by atoms with Gasteiger partial charge in [0.2, 0.25) is 5.78 Å². The fraction of sp³-hybridized carbons (Fsp3) is 0.673. The third-order valence-electron chi connectivity index (χ3n) is 15.1. The van der Waals surface area contributed by atoms with Gasteiger partial charge in [-0.05, 0) is 54.8 Å². The molecule has 85 heavy (non-hydrogen) atoms. The Hall–Kier alpha value is -3.74. The number of anilines is 1. The molecule has 4 aliphatic heterocycles. The van der Waals surface area contributed by atoms with E-state index in [1.807, 2.05) is 33.3 Å². The molecule has 476 valence electrons. The molecule has 0 radical (unpaired) electrons. The van der Waals surface area contributed by atoms with Crippen LogP contribution in [-0.2, 0) is 66.5 Å². The zero-order valence-corrected chi connectivity index (χ0v) is 52.6. The van der Waals surface area contributed by atoms with E-state index in [-0.39, 0.29) is 94.4 Å². The van der Waals surface area contributed by atoms with Gasteiger partial charge in [0, 0.05) is 55.9 Å². The zero-order chi connectivity index (χ0) is 62.0. The van der Waals surface area contributed by atoms with Crippen molar-refractivity contribution in [3.63, 3.8) is 0 Å². The summed E-state index contributed by atoms with van der Waals surface area (Å²) in [5.74, 6) is -2.57. The van der Waals surface area contributed by atoms with E-state index in [1.165, 1.54) is 95.7 Å². The summed E-state index contributed by atoms with van der Waals surface area (Å²) in [4.78, 5) is 61.7. The van der Waals surface area contributed by atoms with E-state index in [2.05, 4.69) is 28.0 Å². The van der Waals surface area contributed by atoms with E-state index in [9.17, 15) is 34.8 Å². The molecule has 5 unspecified atom stereocenters. The van der Waals surface area contributed by atoms with Crippen molar-refractivity contribution >= 4 is 72.6 Å². The quantitative estimate of drug-likeness (QED) is 0.0132. The molecule has 1 aromatic carbocycles. The number of hydrogen-bond acceptors (Lipinski definition) is 28. The van der Waals surface area contributed by atoms with Crippen LogP contribution in [0.2, 0.25) is 0 Å². The molecule has 2 amide bonds. The normalized spacial score (nSPS) is 35.3. The SMILES string of the molecule is C=C(OC)C(=O)Nc1cc(OC)c(OC)cc1C(=O)O[C@H]1CC(O[C@@H]2C(=O)C(NC(=O)OC)=C3/C(=C\CSSSC)[C@]2(O)C=C[C@@H]3O[C@@H]2OC(C)[C@@H](NOC3C[C@H](O)[C@H](SC)[C@@H](C)O3)[C@H](O)[C@H]2O[C@H]2C[C@H](OC)C(NC(C)C)CO2)O[C@@H](C)C1O. The van der Waals surface area contributed by atoms with Gasteiger partial charge < -0.3 is 92.6 Å². The highest BCUT2D eigenvalue weighted by molar-refractivity contribution is 9.09. The van der Waals surface area contributed by atoms with Gasteiger partial charge in [0.05, 0.1) is 99.8 Å². The summed E-state index contributed by atoms with van der Waals surface area (Å²) in [5, 5.41) is 56.2. The van der Waals surface area contributed by atoms with Crippen molar-refractivity contribution in [1.82, 2.24) is 16.1 Å². The Labute approximate surface area is 509 Å². The Morgan fingerprint density at radius 2 is 1.56 bits per heavy atom. The molecule has 4 fully saturated rings. The Bertz CT molecular complexity index is 2590. The minimum absolute atomic E-state index is 0.0169. The second kappa shape index (κ2) is 31.1. The predicted molar refractivity (Wildman–Crippen MR) is 314 cm³/mol. The number of nitrogens with one attached hydrogen (secondary N) is 4. The second-order valence-corrected chi connectivity index (χ2v) is 26.4. The number of esters is 1. The molecule has 1 aromatic rings. The van der Waals surface area contributed by atoms with Gasteiger partial charge >= 0.3 is 12.1 Å².